The number of nitrogens with zero attached hydrogens (tertiary/aromatic N) is 3. The van der Waals surface area contributed by atoms with Gasteiger partial charge in [0.1, 0.15) is 6.10 Å². The van der Waals surface area contributed by atoms with Crippen molar-refractivity contribution in [1.82, 2.24) is 14.3 Å². The van der Waals surface area contributed by atoms with Gasteiger partial charge in [0.25, 0.3) is 0 Å². The molecule has 1 aromatic heterocycles. The summed E-state index contributed by atoms with van der Waals surface area (Å²) >= 11 is 0. The fraction of sp³-hybridized carbons (Fsp3) is 0.412. The van der Waals surface area contributed by atoms with E-state index < -0.39 is 15.8 Å². The van der Waals surface area contributed by atoms with Crippen LogP contribution in [-0.4, -0.2) is 48.5 Å². The van der Waals surface area contributed by atoms with E-state index in [0.717, 1.165) is 6.07 Å². The molecule has 9 heteroatoms. The van der Waals surface area contributed by atoms with E-state index in [1.165, 1.54) is 16.4 Å². The smallest absolute Gasteiger partial charge is 0.316 e. The molecule has 3 rings (SSSR count). The Kier molecular flexibility index (Phi) is 5.67. The molecule has 1 atom stereocenters. The van der Waals surface area contributed by atoms with Gasteiger partial charge in [-0.1, -0.05) is 0 Å². The van der Waals surface area contributed by atoms with Crippen molar-refractivity contribution in [3.63, 3.8) is 0 Å². The van der Waals surface area contributed by atoms with Crippen molar-refractivity contribution in [1.29, 1.82) is 0 Å². The number of rotatable bonds is 6. The van der Waals surface area contributed by atoms with Crippen LogP contribution in [0.15, 0.2) is 41.6 Å². The molecule has 0 aliphatic carbocycles. The molecule has 0 saturated carbocycles. The summed E-state index contributed by atoms with van der Waals surface area (Å²) in [7, 11) is -3.82. The largest absolute Gasteiger partial charge is 0.491 e. The van der Waals surface area contributed by atoms with E-state index in [4.69, 9.17) is 9.47 Å². The second-order valence-corrected chi connectivity index (χ2v) is 7.74. The lowest BCUT2D eigenvalue weighted by molar-refractivity contribution is 0.119. The van der Waals surface area contributed by atoms with Gasteiger partial charge >= 0.3 is 6.01 Å². The standard InChI is InChI=1S/C17H20FN3O4S/c1-2-24-16-7-6-14(11-15(16)18)26(22,23)21-10-3-5-13(12-21)25-17-19-8-4-9-20-17/h4,6-9,11,13H,2-3,5,10,12H2,1H3/t13-/m1/s1. The van der Waals surface area contributed by atoms with E-state index in [1.807, 2.05) is 0 Å². The van der Waals surface area contributed by atoms with E-state index in [9.17, 15) is 12.8 Å². The van der Waals surface area contributed by atoms with Crippen LogP contribution in [-0.2, 0) is 10.0 Å². The molecular formula is C17H20FN3O4S. The van der Waals surface area contributed by atoms with Gasteiger partial charge in [0.05, 0.1) is 18.0 Å². The highest BCUT2D eigenvalue weighted by molar-refractivity contribution is 7.89. The Hall–Kier alpha value is -2.26. The van der Waals surface area contributed by atoms with Crippen LogP contribution < -0.4 is 9.47 Å². The van der Waals surface area contributed by atoms with E-state index in [2.05, 4.69) is 9.97 Å². The minimum atomic E-state index is -3.82. The molecule has 1 aromatic carbocycles. The van der Waals surface area contributed by atoms with E-state index in [-0.39, 0.29) is 29.3 Å². The Morgan fingerprint density at radius 1 is 1.31 bits per heavy atom. The number of sulfonamides is 1. The molecule has 2 heterocycles. The number of ether oxygens (including phenoxy) is 2. The monoisotopic (exact) mass is 381 g/mol. The lowest BCUT2D eigenvalue weighted by Gasteiger charge is -2.31. The Morgan fingerprint density at radius 3 is 2.77 bits per heavy atom. The molecule has 1 aliphatic rings. The summed E-state index contributed by atoms with van der Waals surface area (Å²) < 4.78 is 51.8. The molecule has 1 aliphatic heterocycles. The first-order valence-electron chi connectivity index (χ1n) is 8.37. The first-order valence-corrected chi connectivity index (χ1v) is 9.81. The van der Waals surface area contributed by atoms with Crippen LogP contribution in [0.4, 0.5) is 4.39 Å². The lowest BCUT2D eigenvalue weighted by atomic mass is 10.1. The van der Waals surface area contributed by atoms with Crippen molar-refractivity contribution < 1.29 is 22.3 Å². The van der Waals surface area contributed by atoms with Gasteiger partial charge in [-0.25, -0.2) is 22.8 Å². The predicted molar refractivity (Wildman–Crippen MR) is 92.0 cm³/mol. The second kappa shape index (κ2) is 7.96. The molecule has 0 bridgehead atoms. The molecule has 1 saturated heterocycles. The lowest BCUT2D eigenvalue weighted by Crippen LogP contribution is -2.44. The predicted octanol–water partition coefficient (Wildman–Crippen LogP) is 2.25. The Bertz CT molecular complexity index is 848. The summed E-state index contributed by atoms with van der Waals surface area (Å²) in [6.45, 7) is 2.55. The van der Waals surface area contributed by atoms with Crippen LogP contribution in [0.1, 0.15) is 19.8 Å². The Labute approximate surface area is 151 Å². The summed E-state index contributed by atoms with van der Waals surface area (Å²) in [6, 6.07) is 5.56. The second-order valence-electron chi connectivity index (χ2n) is 5.80. The van der Waals surface area contributed by atoms with Crippen molar-refractivity contribution in [3.05, 3.63) is 42.5 Å². The van der Waals surface area contributed by atoms with Crippen LogP contribution >= 0.6 is 0 Å². The quantitative estimate of drug-likeness (QED) is 0.763. The first-order chi connectivity index (χ1) is 12.5. The van der Waals surface area contributed by atoms with Gasteiger partial charge in [0.15, 0.2) is 11.6 Å². The highest BCUT2D eigenvalue weighted by Gasteiger charge is 2.32. The molecule has 1 fully saturated rings. The third-order valence-electron chi connectivity index (χ3n) is 4.00. The number of aromatic nitrogens is 2. The van der Waals surface area contributed by atoms with Gasteiger partial charge in [-0.05, 0) is 44.0 Å². The zero-order valence-corrected chi connectivity index (χ0v) is 15.2. The zero-order valence-electron chi connectivity index (χ0n) is 14.3. The van der Waals surface area contributed by atoms with E-state index in [1.54, 1.807) is 25.4 Å². The molecule has 0 spiro atoms. The number of benzene rings is 1. The van der Waals surface area contributed by atoms with Crippen LogP contribution in [0.25, 0.3) is 0 Å². The van der Waals surface area contributed by atoms with Crippen LogP contribution in [0, 0.1) is 5.82 Å². The fourth-order valence-electron chi connectivity index (χ4n) is 2.78. The van der Waals surface area contributed by atoms with Crippen molar-refractivity contribution in [2.45, 2.75) is 30.8 Å². The third kappa shape index (κ3) is 4.10. The molecule has 26 heavy (non-hydrogen) atoms. The molecular weight excluding hydrogens is 361 g/mol. The summed E-state index contributed by atoms with van der Waals surface area (Å²) in [5.41, 5.74) is 0. The maximum Gasteiger partial charge on any atom is 0.316 e. The summed E-state index contributed by atoms with van der Waals surface area (Å²) in [4.78, 5) is 7.88. The minimum absolute atomic E-state index is 0.0348. The number of piperidine rings is 1. The molecule has 0 unspecified atom stereocenters. The van der Waals surface area contributed by atoms with E-state index in [0.29, 0.717) is 26.0 Å². The highest BCUT2D eigenvalue weighted by atomic mass is 32.2. The van der Waals surface area contributed by atoms with Crippen molar-refractivity contribution in [3.8, 4) is 11.8 Å². The highest BCUT2D eigenvalue weighted by Crippen LogP contribution is 2.26. The van der Waals surface area contributed by atoms with Gasteiger partial charge < -0.3 is 9.47 Å². The summed E-state index contributed by atoms with van der Waals surface area (Å²) in [5.74, 6) is -0.664. The molecule has 0 amide bonds. The number of hydrogen-bond donors (Lipinski definition) is 0. The molecule has 0 radical (unpaired) electrons. The van der Waals surface area contributed by atoms with Gasteiger partial charge in [0.2, 0.25) is 10.0 Å². The molecule has 2 aromatic rings. The summed E-state index contributed by atoms with van der Waals surface area (Å²) in [5, 5.41) is 0. The maximum atomic E-state index is 14.0. The topological polar surface area (TPSA) is 81.6 Å². The maximum absolute atomic E-state index is 14.0. The van der Waals surface area contributed by atoms with Crippen molar-refractivity contribution >= 4 is 10.0 Å². The van der Waals surface area contributed by atoms with Crippen LogP contribution in [0.5, 0.6) is 11.8 Å². The third-order valence-corrected chi connectivity index (χ3v) is 5.86. The number of hydrogen-bond acceptors (Lipinski definition) is 6. The normalized spacial score (nSPS) is 18.5. The van der Waals surface area contributed by atoms with Gasteiger partial charge in [0, 0.05) is 18.9 Å². The van der Waals surface area contributed by atoms with Crippen molar-refractivity contribution in [2.75, 3.05) is 19.7 Å². The average molecular weight is 381 g/mol. The number of halogens is 1. The fourth-order valence-corrected chi connectivity index (χ4v) is 4.30. The van der Waals surface area contributed by atoms with Gasteiger partial charge in [-0.15, -0.1) is 0 Å². The van der Waals surface area contributed by atoms with Crippen molar-refractivity contribution in [2.24, 2.45) is 0 Å². The molecule has 0 N–H and O–H groups in total. The molecule has 7 nitrogen and oxygen atoms in total. The van der Waals surface area contributed by atoms with E-state index >= 15 is 0 Å². The Morgan fingerprint density at radius 2 is 2.08 bits per heavy atom. The minimum Gasteiger partial charge on any atom is -0.491 e. The van der Waals surface area contributed by atoms with Gasteiger partial charge in [-0.3, -0.25) is 0 Å². The molecule has 140 valence electrons. The zero-order chi connectivity index (χ0) is 18.6. The average Bonchev–Trinajstić information content (AvgIpc) is 2.64. The SMILES string of the molecule is CCOc1ccc(S(=O)(=O)N2CCC[C@@H](Oc3ncccn3)C2)cc1F. The van der Waals surface area contributed by atoms with Gasteiger partial charge in [-0.2, -0.15) is 4.31 Å². The Balaban J connectivity index is 1.75. The van der Waals surface area contributed by atoms with Crippen LogP contribution in [0.3, 0.4) is 0 Å². The summed E-state index contributed by atoms with van der Waals surface area (Å²) in [6.07, 6.45) is 4.09. The van der Waals surface area contributed by atoms with Crippen LogP contribution in [0.2, 0.25) is 0 Å². The first kappa shape index (κ1) is 18.5.